The van der Waals surface area contributed by atoms with Gasteiger partial charge in [0.25, 0.3) is 0 Å². The van der Waals surface area contributed by atoms with Crippen LogP contribution in [0.4, 0.5) is 0 Å². The number of hydrogen-bond donors (Lipinski definition) is 1. The summed E-state index contributed by atoms with van der Waals surface area (Å²) in [6, 6.07) is 4.76. The monoisotopic (exact) mass is 207 g/mol. The van der Waals surface area contributed by atoms with Crippen LogP contribution in [0.15, 0.2) is 17.0 Å². The minimum Gasteiger partial charge on any atom is -0.324 e. The van der Waals surface area contributed by atoms with Crippen LogP contribution in [0.3, 0.4) is 0 Å². The van der Waals surface area contributed by atoms with Gasteiger partial charge < -0.3 is 5.73 Å². The fraction of sp³-hybridized carbons (Fsp3) is 0.500. The third kappa shape index (κ3) is 1.82. The molecule has 1 aromatic carbocycles. The van der Waals surface area contributed by atoms with Crippen molar-refractivity contribution in [2.24, 2.45) is 5.73 Å². The molecule has 0 spiro atoms. The Morgan fingerprint density at radius 2 is 2.14 bits per heavy atom. The normalized spacial score (nSPS) is 21.5. The lowest BCUT2D eigenvalue weighted by Crippen LogP contribution is -2.10. The predicted octanol–water partition coefficient (Wildman–Crippen LogP) is 3.19. The first-order valence-electron chi connectivity index (χ1n) is 5.18. The largest absolute Gasteiger partial charge is 0.324 e. The van der Waals surface area contributed by atoms with Gasteiger partial charge in [0.2, 0.25) is 0 Å². The quantitative estimate of drug-likeness (QED) is 0.707. The fourth-order valence-electron chi connectivity index (χ4n) is 2.09. The Morgan fingerprint density at radius 3 is 2.93 bits per heavy atom. The van der Waals surface area contributed by atoms with Crippen LogP contribution in [0.2, 0.25) is 0 Å². The SMILES string of the molecule is Cc1cc(C)c2c(c1)C(N)CCCS2. The Labute approximate surface area is 90.1 Å². The van der Waals surface area contributed by atoms with Crippen LogP contribution in [0.5, 0.6) is 0 Å². The zero-order valence-electron chi connectivity index (χ0n) is 8.84. The second-order valence-corrected chi connectivity index (χ2v) is 5.20. The van der Waals surface area contributed by atoms with Crippen LogP contribution in [0.1, 0.15) is 35.6 Å². The number of benzene rings is 1. The molecule has 1 aliphatic heterocycles. The van der Waals surface area contributed by atoms with Crippen molar-refractivity contribution < 1.29 is 0 Å². The van der Waals surface area contributed by atoms with E-state index in [1.807, 2.05) is 11.8 Å². The lowest BCUT2D eigenvalue weighted by Gasteiger charge is -2.15. The van der Waals surface area contributed by atoms with Crippen molar-refractivity contribution in [1.82, 2.24) is 0 Å². The number of hydrogen-bond acceptors (Lipinski definition) is 2. The Bertz CT molecular complexity index is 346. The van der Waals surface area contributed by atoms with Crippen LogP contribution in [-0.4, -0.2) is 5.75 Å². The Kier molecular flexibility index (Phi) is 2.84. The molecular weight excluding hydrogens is 190 g/mol. The molecule has 1 atom stereocenters. The highest BCUT2D eigenvalue weighted by Gasteiger charge is 2.17. The second-order valence-electron chi connectivity index (χ2n) is 4.10. The molecule has 0 fully saturated rings. The van der Waals surface area contributed by atoms with E-state index in [0.717, 1.165) is 6.42 Å². The summed E-state index contributed by atoms with van der Waals surface area (Å²) in [6.07, 6.45) is 2.36. The molecule has 1 unspecified atom stereocenters. The first kappa shape index (κ1) is 10.1. The van der Waals surface area contributed by atoms with Crippen LogP contribution in [0.25, 0.3) is 0 Å². The first-order chi connectivity index (χ1) is 6.68. The number of aryl methyl sites for hydroxylation is 2. The molecule has 0 aromatic heterocycles. The van der Waals surface area contributed by atoms with Crippen molar-refractivity contribution in [1.29, 1.82) is 0 Å². The highest BCUT2D eigenvalue weighted by Crippen LogP contribution is 2.36. The summed E-state index contributed by atoms with van der Waals surface area (Å²) in [6.45, 7) is 4.34. The number of fused-ring (bicyclic) bond motifs is 1. The van der Waals surface area contributed by atoms with Gasteiger partial charge >= 0.3 is 0 Å². The van der Waals surface area contributed by atoms with Crippen LogP contribution in [-0.2, 0) is 0 Å². The van der Waals surface area contributed by atoms with Gasteiger partial charge in [-0.05, 0) is 43.6 Å². The maximum atomic E-state index is 6.17. The number of thioether (sulfide) groups is 1. The van der Waals surface area contributed by atoms with Gasteiger partial charge in [-0.15, -0.1) is 11.8 Å². The van der Waals surface area contributed by atoms with Crippen LogP contribution < -0.4 is 5.73 Å². The number of rotatable bonds is 0. The predicted molar refractivity (Wildman–Crippen MR) is 62.8 cm³/mol. The van der Waals surface area contributed by atoms with Gasteiger partial charge in [0.15, 0.2) is 0 Å². The van der Waals surface area contributed by atoms with Crippen molar-refractivity contribution in [3.8, 4) is 0 Å². The molecule has 2 rings (SSSR count). The minimum atomic E-state index is 0.249. The molecule has 0 bridgehead atoms. The van der Waals surface area contributed by atoms with E-state index in [1.54, 1.807) is 0 Å². The molecule has 0 radical (unpaired) electrons. The minimum absolute atomic E-state index is 0.249. The molecule has 14 heavy (non-hydrogen) atoms. The van der Waals surface area contributed by atoms with Crippen LogP contribution in [0, 0.1) is 13.8 Å². The number of nitrogens with two attached hydrogens (primary N) is 1. The Balaban J connectivity index is 2.53. The Hall–Kier alpha value is -0.470. The van der Waals surface area contributed by atoms with E-state index in [1.165, 1.54) is 33.8 Å². The van der Waals surface area contributed by atoms with Gasteiger partial charge in [-0.3, -0.25) is 0 Å². The van der Waals surface area contributed by atoms with Gasteiger partial charge in [-0.25, -0.2) is 0 Å². The van der Waals surface area contributed by atoms with Gasteiger partial charge in [0, 0.05) is 10.9 Å². The molecule has 1 heterocycles. The molecule has 0 saturated heterocycles. The zero-order chi connectivity index (χ0) is 10.1. The summed E-state index contributed by atoms with van der Waals surface area (Å²) in [5.41, 5.74) is 10.3. The third-order valence-electron chi connectivity index (χ3n) is 2.75. The van der Waals surface area contributed by atoms with E-state index >= 15 is 0 Å². The van der Waals surface area contributed by atoms with Crippen molar-refractivity contribution in [3.63, 3.8) is 0 Å². The van der Waals surface area contributed by atoms with E-state index in [2.05, 4.69) is 26.0 Å². The maximum Gasteiger partial charge on any atom is 0.0306 e. The molecular formula is C12H17NS. The third-order valence-corrected chi connectivity index (χ3v) is 4.09. The summed E-state index contributed by atoms with van der Waals surface area (Å²) in [4.78, 5) is 1.43. The molecule has 1 aliphatic rings. The second kappa shape index (κ2) is 3.95. The standard InChI is InChI=1S/C12H17NS/c1-8-6-9(2)12-10(7-8)11(13)4-3-5-14-12/h6-7,11H,3-5,13H2,1-2H3. The summed E-state index contributed by atoms with van der Waals surface area (Å²) in [7, 11) is 0. The highest BCUT2D eigenvalue weighted by molar-refractivity contribution is 7.99. The van der Waals surface area contributed by atoms with Crippen molar-refractivity contribution in [2.45, 2.75) is 37.6 Å². The lowest BCUT2D eigenvalue weighted by atomic mass is 9.99. The molecule has 2 heteroatoms. The molecule has 1 aromatic rings. The maximum absolute atomic E-state index is 6.17. The van der Waals surface area contributed by atoms with Gasteiger partial charge in [0.1, 0.15) is 0 Å². The van der Waals surface area contributed by atoms with Gasteiger partial charge in [-0.2, -0.15) is 0 Å². The van der Waals surface area contributed by atoms with E-state index in [0.29, 0.717) is 0 Å². The molecule has 0 saturated carbocycles. The lowest BCUT2D eigenvalue weighted by molar-refractivity contribution is 0.638. The molecule has 1 nitrogen and oxygen atoms in total. The van der Waals surface area contributed by atoms with E-state index < -0.39 is 0 Å². The Morgan fingerprint density at radius 1 is 1.36 bits per heavy atom. The van der Waals surface area contributed by atoms with Gasteiger partial charge in [-0.1, -0.05) is 17.7 Å². The summed E-state index contributed by atoms with van der Waals surface area (Å²) in [5, 5.41) is 0. The highest BCUT2D eigenvalue weighted by atomic mass is 32.2. The molecule has 0 aliphatic carbocycles. The van der Waals surface area contributed by atoms with Crippen LogP contribution >= 0.6 is 11.8 Å². The molecule has 76 valence electrons. The summed E-state index contributed by atoms with van der Waals surface area (Å²) >= 11 is 1.97. The van der Waals surface area contributed by atoms with Crippen molar-refractivity contribution >= 4 is 11.8 Å². The topological polar surface area (TPSA) is 26.0 Å². The van der Waals surface area contributed by atoms with Crippen molar-refractivity contribution in [3.05, 3.63) is 28.8 Å². The van der Waals surface area contributed by atoms with Gasteiger partial charge in [0.05, 0.1) is 0 Å². The van der Waals surface area contributed by atoms with E-state index in [9.17, 15) is 0 Å². The smallest absolute Gasteiger partial charge is 0.0306 e. The molecule has 0 amide bonds. The summed E-state index contributed by atoms with van der Waals surface area (Å²) < 4.78 is 0. The van der Waals surface area contributed by atoms with Crippen molar-refractivity contribution in [2.75, 3.05) is 5.75 Å². The zero-order valence-corrected chi connectivity index (χ0v) is 9.66. The average Bonchev–Trinajstić information content (AvgIpc) is 2.29. The molecule has 2 N–H and O–H groups in total. The van der Waals surface area contributed by atoms with E-state index in [4.69, 9.17) is 5.73 Å². The fourth-order valence-corrected chi connectivity index (χ4v) is 3.27. The van der Waals surface area contributed by atoms with E-state index in [-0.39, 0.29) is 6.04 Å². The summed E-state index contributed by atoms with van der Waals surface area (Å²) in [5.74, 6) is 1.21. The average molecular weight is 207 g/mol. The first-order valence-corrected chi connectivity index (χ1v) is 6.16.